The van der Waals surface area contributed by atoms with Crippen LogP contribution in [0, 0.1) is 11.3 Å². The second-order valence-corrected chi connectivity index (χ2v) is 8.23. The molecule has 0 aliphatic heterocycles. The summed E-state index contributed by atoms with van der Waals surface area (Å²) in [5.74, 6) is 1.53. The molecule has 1 unspecified atom stereocenters. The molecule has 0 N–H and O–H groups in total. The second kappa shape index (κ2) is 10.1. The van der Waals surface area contributed by atoms with E-state index in [1.807, 2.05) is 36.4 Å². The number of aryl methyl sites for hydroxylation is 1. The Labute approximate surface area is 191 Å². The summed E-state index contributed by atoms with van der Waals surface area (Å²) in [4.78, 5) is 4.37. The highest BCUT2D eigenvalue weighted by Crippen LogP contribution is 2.30. The van der Waals surface area contributed by atoms with E-state index in [2.05, 4.69) is 63.9 Å². The summed E-state index contributed by atoms with van der Waals surface area (Å²) in [5.41, 5.74) is 2.94. The number of nitrogens with zero attached hydrogens (tertiary/aromatic N) is 5. The van der Waals surface area contributed by atoms with Crippen LogP contribution in [0.3, 0.4) is 0 Å². The van der Waals surface area contributed by atoms with E-state index < -0.39 is 0 Å². The maximum absolute atomic E-state index is 9.01. The predicted molar refractivity (Wildman–Crippen MR) is 124 cm³/mol. The van der Waals surface area contributed by atoms with Crippen LogP contribution >= 0.6 is 11.8 Å². The van der Waals surface area contributed by atoms with Crippen molar-refractivity contribution >= 4 is 11.8 Å². The van der Waals surface area contributed by atoms with Crippen LogP contribution in [-0.4, -0.2) is 19.7 Å². The molecule has 160 valence electrons. The van der Waals surface area contributed by atoms with Crippen LogP contribution in [0.4, 0.5) is 0 Å². The summed E-state index contributed by atoms with van der Waals surface area (Å²) in [7, 11) is 0. The largest absolute Gasteiger partial charge is 0.486 e. The molecule has 0 aliphatic carbocycles. The molecule has 0 aliphatic rings. The zero-order valence-corrected chi connectivity index (χ0v) is 18.8. The number of hydrogen-bond acceptors (Lipinski definition) is 6. The molecule has 4 rings (SSSR count). The van der Waals surface area contributed by atoms with Gasteiger partial charge in [-0.25, -0.2) is 4.98 Å². The zero-order valence-electron chi connectivity index (χ0n) is 18.0. The molecule has 2 aromatic heterocycles. The molecular weight excluding hydrogens is 418 g/mol. The number of nitriles is 1. The van der Waals surface area contributed by atoms with Crippen molar-refractivity contribution in [3.8, 4) is 11.8 Å². The molecular formula is C25H23N5OS. The highest BCUT2D eigenvalue weighted by molar-refractivity contribution is 7.99. The van der Waals surface area contributed by atoms with E-state index >= 15 is 0 Å². The first kappa shape index (κ1) is 21.6. The van der Waals surface area contributed by atoms with E-state index in [4.69, 9.17) is 10.00 Å². The van der Waals surface area contributed by atoms with Crippen LogP contribution in [0.25, 0.3) is 0 Å². The molecule has 0 radical (unpaired) electrons. The van der Waals surface area contributed by atoms with Crippen LogP contribution in [-0.2, 0) is 13.0 Å². The number of ether oxygens (including phenoxy) is 1. The molecule has 2 aromatic carbocycles. The summed E-state index contributed by atoms with van der Waals surface area (Å²) >= 11 is 1.42. The van der Waals surface area contributed by atoms with Gasteiger partial charge in [-0.1, -0.05) is 49.4 Å². The molecule has 2 heterocycles. The van der Waals surface area contributed by atoms with E-state index in [9.17, 15) is 0 Å². The molecule has 7 heteroatoms. The Bertz CT molecular complexity index is 1200. The summed E-state index contributed by atoms with van der Waals surface area (Å²) in [6.45, 7) is 4.55. The Kier molecular flexibility index (Phi) is 6.83. The summed E-state index contributed by atoms with van der Waals surface area (Å²) in [6.07, 6.45) is 2.56. The number of aromatic nitrogens is 4. The van der Waals surface area contributed by atoms with Gasteiger partial charge in [0.15, 0.2) is 11.0 Å². The average molecular weight is 442 g/mol. The van der Waals surface area contributed by atoms with Crippen molar-refractivity contribution in [2.45, 2.75) is 43.1 Å². The Morgan fingerprint density at radius 3 is 2.47 bits per heavy atom. The summed E-state index contributed by atoms with van der Waals surface area (Å²) < 4.78 is 8.11. The first-order chi connectivity index (χ1) is 15.7. The minimum Gasteiger partial charge on any atom is -0.486 e. The van der Waals surface area contributed by atoms with Crippen LogP contribution in [0.15, 0.2) is 83.1 Å². The van der Waals surface area contributed by atoms with Crippen molar-refractivity contribution in [2.24, 2.45) is 0 Å². The van der Waals surface area contributed by atoms with Gasteiger partial charge in [-0.05, 0) is 60.5 Å². The van der Waals surface area contributed by atoms with Crippen LogP contribution in [0.2, 0.25) is 0 Å². The number of hydrogen-bond donors (Lipinski definition) is 0. The first-order valence-electron chi connectivity index (χ1n) is 10.4. The van der Waals surface area contributed by atoms with Crippen molar-refractivity contribution in [1.82, 2.24) is 19.7 Å². The molecule has 0 saturated heterocycles. The lowest BCUT2D eigenvalue weighted by molar-refractivity contribution is 0.285. The Balaban J connectivity index is 1.62. The maximum Gasteiger partial charge on any atom is 0.198 e. The standard InChI is InChI=1S/C25H23N5OS/c1-3-19-9-12-22(13-10-19)31-17-23-28-29-25(32-24-14-11-20(15-26)16-27-24)30(23)18(2)21-7-5-4-6-8-21/h4-14,16,18H,3,17H2,1-2H3. The molecule has 0 spiro atoms. The smallest absolute Gasteiger partial charge is 0.198 e. The van der Waals surface area contributed by atoms with Gasteiger partial charge in [0.2, 0.25) is 0 Å². The topological polar surface area (TPSA) is 76.6 Å². The van der Waals surface area contributed by atoms with Crippen molar-refractivity contribution in [3.63, 3.8) is 0 Å². The van der Waals surface area contributed by atoms with Gasteiger partial charge in [0.25, 0.3) is 0 Å². The number of pyridine rings is 1. The Morgan fingerprint density at radius 1 is 1.03 bits per heavy atom. The van der Waals surface area contributed by atoms with E-state index in [-0.39, 0.29) is 6.04 Å². The first-order valence-corrected chi connectivity index (χ1v) is 11.2. The summed E-state index contributed by atoms with van der Waals surface area (Å²) in [6, 6.07) is 24.0. The predicted octanol–water partition coefficient (Wildman–Crippen LogP) is 5.45. The minimum atomic E-state index is 0.00755. The molecule has 0 amide bonds. The molecule has 4 aromatic rings. The Hall–Kier alpha value is -3.63. The average Bonchev–Trinajstić information content (AvgIpc) is 3.25. The maximum atomic E-state index is 9.01. The second-order valence-electron chi connectivity index (χ2n) is 7.24. The fourth-order valence-corrected chi connectivity index (χ4v) is 4.19. The van der Waals surface area contributed by atoms with Crippen LogP contribution < -0.4 is 4.74 Å². The fourth-order valence-electron chi connectivity index (χ4n) is 3.31. The lowest BCUT2D eigenvalue weighted by Gasteiger charge is -2.18. The molecule has 0 bridgehead atoms. The summed E-state index contributed by atoms with van der Waals surface area (Å²) in [5, 5.41) is 19.3. The van der Waals surface area contributed by atoms with Crippen molar-refractivity contribution in [2.75, 3.05) is 0 Å². The van der Waals surface area contributed by atoms with Gasteiger partial charge in [-0.2, -0.15) is 5.26 Å². The number of benzene rings is 2. The lowest BCUT2D eigenvalue weighted by atomic mass is 10.1. The van der Waals surface area contributed by atoms with Gasteiger partial charge in [0.1, 0.15) is 23.5 Å². The van der Waals surface area contributed by atoms with Gasteiger partial charge in [-0.3, -0.25) is 4.57 Å². The molecule has 0 saturated carbocycles. The third-order valence-electron chi connectivity index (χ3n) is 5.17. The fraction of sp³-hybridized carbons (Fsp3) is 0.200. The molecule has 32 heavy (non-hydrogen) atoms. The monoisotopic (exact) mass is 441 g/mol. The van der Waals surface area contributed by atoms with Gasteiger partial charge < -0.3 is 4.74 Å². The molecule has 0 fully saturated rings. The SMILES string of the molecule is CCc1ccc(OCc2nnc(Sc3ccc(C#N)cn3)n2C(C)c2ccccc2)cc1. The van der Waals surface area contributed by atoms with Gasteiger partial charge in [0.05, 0.1) is 11.6 Å². The lowest BCUT2D eigenvalue weighted by Crippen LogP contribution is -2.14. The highest BCUT2D eigenvalue weighted by Gasteiger charge is 2.20. The van der Waals surface area contributed by atoms with Gasteiger partial charge in [0, 0.05) is 6.20 Å². The van der Waals surface area contributed by atoms with Crippen molar-refractivity contribution < 1.29 is 4.74 Å². The minimum absolute atomic E-state index is 0.00755. The molecule has 6 nitrogen and oxygen atoms in total. The van der Waals surface area contributed by atoms with Crippen LogP contribution in [0.1, 0.15) is 42.4 Å². The highest BCUT2D eigenvalue weighted by atomic mass is 32.2. The third-order valence-corrected chi connectivity index (χ3v) is 6.08. The number of rotatable bonds is 8. The normalized spacial score (nSPS) is 11.7. The van der Waals surface area contributed by atoms with E-state index in [1.54, 1.807) is 12.3 Å². The van der Waals surface area contributed by atoms with E-state index in [0.717, 1.165) is 33.7 Å². The van der Waals surface area contributed by atoms with Gasteiger partial charge in [-0.15, -0.1) is 10.2 Å². The van der Waals surface area contributed by atoms with Crippen molar-refractivity contribution in [1.29, 1.82) is 5.26 Å². The molecule has 1 atom stereocenters. The van der Waals surface area contributed by atoms with Crippen molar-refractivity contribution in [3.05, 3.63) is 95.4 Å². The van der Waals surface area contributed by atoms with Crippen LogP contribution in [0.5, 0.6) is 5.75 Å². The third kappa shape index (κ3) is 4.98. The van der Waals surface area contributed by atoms with E-state index in [1.165, 1.54) is 17.3 Å². The van der Waals surface area contributed by atoms with E-state index in [0.29, 0.717) is 12.2 Å². The van der Waals surface area contributed by atoms with Gasteiger partial charge >= 0.3 is 0 Å². The quantitative estimate of drug-likeness (QED) is 0.362. The Morgan fingerprint density at radius 2 is 1.81 bits per heavy atom. The zero-order chi connectivity index (χ0) is 22.3.